The maximum Gasteiger partial charge on any atom is 0.164 e. The SMILES string of the molecule is c1ccc(-c2ccc(-c3nc(-c4ccc(-c5ccccc5)cc4)nc(-c4cccc(-c5ccc(-c6cccc(-c7cc8cccnc8c8ccccc78)c6)cc5)c4)n3)cc2)cc1.c1ccc(-c2ccc(-c3nc(-c4ccc(-c5ccccc5)cc4)nc(-c4cccc(-c5ccc(-c6cccc(-c7cccc8c7ccc7cccnc78)c6)cc5)c4)n3)cc2)cc1. The van der Waals surface area contributed by atoms with Gasteiger partial charge < -0.3 is 0 Å². The molecule has 22 aromatic rings. The van der Waals surface area contributed by atoms with Crippen molar-refractivity contribution in [1.82, 2.24) is 39.9 Å². The van der Waals surface area contributed by atoms with Crippen molar-refractivity contribution in [3.8, 4) is 180 Å². The number of benzene rings is 18. The standard InChI is InChI=1S/2C58H38N4/c1-3-11-39(12-4-1)41-26-30-46(31-27-41)56-60-57(47-32-28-42(29-33-47)40-13-5-2-6-14-40)62-58(61-56)51-18-8-16-49(38-51)44-24-22-43(23-25-44)48-15-7-17-50(37-48)52-20-9-21-54-53(52)35-34-45-19-10-36-59-55(45)54;1-3-12-39(13-4-1)41-27-31-45(32-28-41)56-60-57(46-33-29-42(30-34-46)40-14-5-2-6-15-40)62-58(61-56)51-19-10-17-48(37-51)44-25-23-43(24-26-44)47-16-9-18-49(36-47)54-38-50-20-11-35-59-55(50)53-22-8-7-21-52(53)54/h2*1-38H. The zero-order chi connectivity index (χ0) is 82.5. The number of hydrogen-bond donors (Lipinski definition) is 0. The van der Waals surface area contributed by atoms with Crippen LogP contribution >= 0.6 is 0 Å². The fraction of sp³-hybridized carbons (Fsp3) is 0. The molecule has 0 N–H and O–H groups in total. The van der Waals surface area contributed by atoms with E-state index in [1.165, 1.54) is 55.3 Å². The summed E-state index contributed by atoms with van der Waals surface area (Å²) in [6.45, 7) is 0. The molecular weight excluding hydrogens is 1510 g/mol. The van der Waals surface area contributed by atoms with Crippen LogP contribution < -0.4 is 0 Å². The van der Waals surface area contributed by atoms with Crippen molar-refractivity contribution < 1.29 is 0 Å². The highest BCUT2D eigenvalue weighted by Gasteiger charge is 2.20. The summed E-state index contributed by atoms with van der Waals surface area (Å²) in [6.07, 6.45) is 3.74. The minimum Gasteiger partial charge on any atom is -0.256 e. The minimum absolute atomic E-state index is 0.622. The third-order valence-corrected chi connectivity index (χ3v) is 23.2. The lowest BCUT2D eigenvalue weighted by atomic mass is 9.93. The molecule has 18 aromatic carbocycles. The monoisotopic (exact) mass is 1580 g/mol. The Bertz CT molecular complexity index is 7410. The second-order valence-corrected chi connectivity index (χ2v) is 31.0. The van der Waals surface area contributed by atoms with Crippen LogP contribution in [0.15, 0.2) is 461 Å². The second-order valence-electron chi connectivity index (χ2n) is 31.0. The van der Waals surface area contributed by atoms with Crippen molar-refractivity contribution in [2.45, 2.75) is 0 Å². The molecule has 0 saturated carbocycles. The van der Waals surface area contributed by atoms with E-state index in [9.17, 15) is 0 Å². The first-order valence-corrected chi connectivity index (χ1v) is 41.7. The molecule has 124 heavy (non-hydrogen) atoms. The fourth-order valence-electron chi connectivity index (χ4n) is 16.7. The Morgan fingerprint density at radius 2 is 0.355 bits per heavy atom. The summed E-state index contributed by atoms with van der Waals surface area (Å²) < 4.78 is 0. The third-order valence-electron chi connectivity index (χ3n) is 23.2. The predicted molar refractivity (Wildman–Crippen MR) is 512 cm³/mol. The summed E-state index contributed by atoms with van der Waals surface area (Å²) in [5.74, 6) is 3.75. The van der Waals surface area contributed by atoms with Crippen molar-refractivity contribution >= 4 is 43.4 Å². The lowest BCUT2D eigenvalue weighted by Gasteiger charge is -2.12. The summed E-state index contributed by atoms with van der Waals surface area (Å²) in [6, 6.07) is 158. The van der Waals surface area contributed by atoms with Crippen molar-refractivity contribution in [1.29, 1.82) is 0 Å². The Morgan fingerprint density at radius 3 is 0.718 bits per heavy atom. The molecule has 0 fully saturated rings. The van der Waals surface area contributed by atoms with Crippen molar-refractivity contribution in [2.75, 3.05) is 0 Å². The summed E-state index contributed by atoms with van der Waals surface area (Å²) in [4.78, 5) is 39.9. The van der Waals surface area contributed by atoms with Gasteiger partial charge in [0.15, 0.2) is 34.9 Å². The van der Waals surface area contributed by atoms with Gasteiger partial charge >= 0.3 is 0 Å². The van der Waals surface area contributed by atoms with Crippen molar-refractivity contribution in [3.63, 3.8) is 0 Å². The van der Waals surface area contributed by atoms with E-state index in [0.29, 0.717) is 34.9 Å². The van der Waals surface area contributed by atoms with E-state index in [1.54, 1.807) is 0 Å². The van der Waals surface area contributed by atoms with Gasteiger partial charge in [-0.1, -0.05) is 406 Å². The molecule has 580 valence electrons. The van der Waals surface area contributed by atoms with E-state index < -0.39 is 0 Å². The van der Waals surface area contributed by atoms with E-state index in [2.05, 4.69) is 413 Å². The molecule has 0 radical (unpaired) electrons. The molecule has 0 aliphatic carbocycles. The lowest BCUT2D eigenvalue weighted by Crippen LogP contribution is -2.00. The number of rotatable bonds is 16. The van der Waals surface area contributed by atoms with Crippen LogP contribution in [0, 0.1) is 0 Å². The van der Waals surface area contributed by atoms with E-state index in [0.717, 1.165) is 133 Å². The Balaban J connectivity index is 0.000000152. The Hall–Kier alpha value is -16.7. The average molecular weight is 1580 g/mol. The van der Waals surface area contributed by atoms with Gasteiger partial charge in [-0.05, 0) is 165 Å². The van der Waals surface area contributed by atoms with Crippen molar-refractivity contribution in [3.05, 3.63) is 461 Å². The van der Waals surface area contributed by atoms with E-state index >= 15 is 0 Å². The number of nitrogens with zero attached hydrogens (tertiary/aromatic N) is 8. The molecule has 0 bridgehead atoms. The molecule has 22 rings (SSSR count). The predicted octanol–water partition coefficient (Wildman–Crippen LogP) is 29.8. The topological polar surface area (TPSA) is 103 Å². The van der Waals surface area contributed by atoms with Gasteiger partial charge in [-0.15, -0.1) is 0 Å². The molecule has 8 heteroatoms. The minimum atomic E-state index is 0.622. The highest BCUT2D eigenvalue weighted by Crippen LogP contribution is 2.41. The zero-order valence-corrected chi connectivity index (χ0v) is 67.5. The quantitative estimate of drug-likeness (QED) is 0.0882. The molecule has 0 atom stereocenters. The van der Waals surface area contributed by atoms with Crippen LogP contribution in [0.4, 0.5) is 0 Å². The number of pyridine rings is 2. The molecule has 0 saturated heterocycles. The highest BCUT2D eigenvalue weighted by atomic mass is 15.0. The van der Waals surface area contributed by atoms with Crippen LogP contribution in [-0.2, 0) is 0 Å². The average Bonchev–Trinajstić information content (AvgIpc) is 0.761. The van der Waals surface area contributed by atoms with Crippen molar-refractivity contribution in [2.24, 2.45) is 0 Å². The third kappa shape index (κ3) is 15.6. The van der Waals surface area contributed by atoms with E-state index in [4.69, 9.17) is 39.9 Å². The summed E-state index contributed by atoms with van der Waals surface area (Å²) >= 11 is 0. The van der Waals surface area contributed by atoms with Gasteiger partial charge in [0, 0.05) is 67.3 Å². The molecular formula is C116H76N8. The van der Waals surface area contributed by atoms with Crippen LogP contribution in [0.25, 0.3) is 223 Å². The van der Waals surface area contributed by atoms with Crippen LogP contribution in [-0.4, -0.2) is 39.9 Å². The molecule has 0 aliphatic rings. The molecule has 0 amide bonds. The Labute approximate surface area is 719 Å². The van der Waals surface area contributed by atoms with Gasteiger partial charge in [0.25, 0.3) is 0 Å². The zero-order valence-electron chi connectivity index (χ0n) is 67.5. The largest absolute Gasteiger partial charge is 0.256 e. The van der Waals surface area contributed by atoms with Crippen LogP contribution in [0.2, 0.25) is 0 Å². The molecule has 0 spiro atoms. The molecule has 8 nitrogen and oxygen atoms in total. The molecule has 4 heterocycles. The summed E-state index contributed by atoms with van der Waals surface area (Å²) in [7, 11) is 0. The van der Waals surface area contributed by atoms with Gasteiger partial charge in [0.2, 0.25) is 0 Å². The van der Waals surface area contributed by atoms with Gasteiger partial charge in [-0.2, -0.15) is 0 Å². The van der Waals surface area contributed by atoms with Crippen LogP contribution in [0.5, 0.6) is 0 Å². The van der Waals surface area contributed by atoms with E-state index in [-0.39, 0.29) is 0 Å². The Morgan fingerprint density at radius 1 is 0.121 bits per heavy atom. The number of hydrogen-bond acceptors (Lipinski definition) is 8. The maximum absolute atomic E-state index is 5.10. The number of aromatic nitrogens is 8. The normalized spacial score (nSPS) is 11.2. The molecule has 0 aliphatic heterocycles. The highest BCUT2D eigenvalue weighted by molar-refractivity contribution is 6.13. The summed E-state index contributed by atoms with van der Waals surface area (Å²) in [5.41, 5.74) is 30.6. The van der Waals surface area contributed by atoms with E-state index in [1.807, 2.05) is 48.8 Å². The maximum atomic E-state index is 5.10. The van der Waals surface area contributed by atoms with Gasteiger partial charge in [0.05, 0.1) is 11.0 Å². The fourth-order valence-corrected chi connectivity index (χ4v) is 16.7. The molecule has 4 aromatic heterocycles. The first kappa shape index (κ1) is 74.8. The first-order chi connectivity index (χ1) is 61.4. The van der Waals surface area contributed by atoms with Crippen LogP contribution in [0.1, 0.15) is 0 Å². The van der Waals surface area contributed by atoms with Gasteiger partial charge in [-0.3, -0.25) is 9.97 Å². The lowest BCUT2D eigenvalue weighted by molar-refractivity contribution is 1.07. The van der Waals surface area contributed by atoms with Crippen LogP contribution in [0.3, 0.4) is 0 Å². The summed E-state index contributed by atoms with van der Waals surface area (Å²) in [5, 5.41) is 7.01. The Kier molecular flexibility index (Phi) is 20.3. The first-order valence-electron chi connectivity index (χ1n) is 41.7. The smallest absolute Gasteiger partial charge is 0.164 e. The van der Waals surface area contributed by atoms with Gasteiger partial charge in [0.1, 0.15) is 0 Å². The second kappa shape index (κ2) is 33.6. The molecule has 0 unspecified atom stereocenters. The number of fused-ring (bicyclic) bond motifs is 6. The van der Waals surface area contributed by atoms with Gasteiger partial charge in [-0.25, -0.2) is 29.9 Å².